The van der Waals surface area contributed by atoms with Crippen LogP contribution in [0, 0.1) is 0 Å². The number of imidazole rings is 1. The van der Waals surface area contributed by atoms with Gasteiger partial charge in [-0.1, -0.05) is 6.92 Å². The Labute approximate surface area is 126 Å². The van der Waals surface area contributed by atoms with Crippen LogP contribution in [0.3, 0.4) is 0 Å². The van der Waals surface area contributed by atoms with Crippen molar-refractivity contribution in [3.63, 3.8) is 0 Å². The first-order chi connectivity index (χ1) is 10.2. The maximum absolute atomic E-state index is 11.6. The highest BCUT2D eigenvalue weighted by Crippen LogP contribution is 2.12. The fraction of sp³-hybridized carbons (Fsp3) is 0.733. The van der Waals surface area contributed by atoms with Gasteiger partial charge in [-0.25, -0.2) is 9.78 Å². The minimum atomic E-state index is -0.183. The van der Waals surface area contributed by atoms with Crippen LogP contribution >= 0.6 is 0 Å². The summed E-state index contributed by atoms with van der Waals surface area (Å²) in [4.78, 5) is 17.6. The minimum absolute atomic E-state index is 0.183. The van der Waals surface area contributed by atoms with E-state index in [4.69, 9.17) is 4.74 Å². The zero-order valence-corrected chi connectivity index (χ0v) is 13.0. The van der Waals surface area contributed by atoms with E-state index < -0.39 is 0 Å². The molecule has 2 rings (SSSR count). The Morgan fingerprint density at radius 1 is 1.43 bits per heavy atom. The summed E-state index contributed by atoms with van der Waals surface area (Å²) in [6, 6.07) is 0.459. The zero-order chi connectivity index (χ0) is 15.1. The fourth-order valence-electron chi connectivity index (χ4n) is 2.67. The molecule has 1 aromatic rings. The SMILES string of the molecule is CCCn1cncc1CNC1CCN(C(=O)OCC)CC1. The molecule has 0 spiro atoms. The van der Waals surface area contributed by atoms with Crippen LogP contribution in [-0.2, 0) is 17.8 Å². The maximum atomic E-state index is 11.6. The summed E-state index contributed by atoms with van der Waals surface area (Å²) in [5.41, 5.74) is 1.23. The van der Waals surface area contributed by atoms with Crippen LogP contribution in [0.5, 0.6) is 0 Å². The third-order valence-corrected chi connectivity index (χ3v) is 3.86. The fourth-order valence-corrected chi connectivity index (χ4v) is 2.67. The quantitative estimate of drug-likeness (QED) is 0.872. The number of hydrogen-bond donors (Lipinski definition) is 1. The lowest BCUT2D eigenvalue weighted by Crippen LogP contribution is -2.45. The predicted octanol–water partition coefficient (Wildman–Crippen LogP) is 2.00. The summed E-state index contributed by atoms with van der Waals surface area (Å²) in [6.45, 7) is 7.84. The molecule has 0 radical (unpaired) electrons. The molecular formula is C15H26N4O2. The summed E-state index contributed by atoms with van der Waals surface area (Å²) in [7, 11) is 0. The van der Waals surface area contributed by atoms with Gasteiger partial charge in [0.25, 0.3) is 0 Å². The predicted molar refractivity (Wildman–Crippen MR) is 81.0 cm³/mol. The van der Waals surface area contributed by atoms with E-state index in [0.717, 1.165) is 45.4 Å². The number of carbonyl (C=O) groups excluding carboxylic acids is 1. The van der Waals surface area contributed by atoms with E-state index >= 15 is 0 Å². The second kappa shape index (κ2) is 8.02. The van der Waals surface area contributed by atoms with E-state index in [9.17, 15) is 4.79 Å². The first-order valence-electron chi connectivity index (χ1n) is 7.88. The molecule has 0 aliphatic carbocycles. The van der Waals surface area contributed by atoms with E-state index in [1.807, 2.05) is 19.4 Å². The molecule has 1 aliphatic heterocycles. The minimum Gasteiger partial charge on any atom is -0.450 e. The first kappa shape index (κ1) is 15.8. The molecule has 118 valence electrons. The molecule has 0 atom stereocenters. The van der Waals surface area contributed by atoms with Gasteiger partial charge in [-0.2, -0.15) is 0 Å². The first-order valence-corrected chi connectivity index (χ1v) is 7.88. The molecule has 6 heteroatoms. The molecule has 6 nitrogen and oxygen atoms in total. The summed E-state index contributed by atoms with van der Waals surface area (Å²) in [5, 5.41) is 3.57. The molecule has 1 N–H and O–H groups in total. The number of hydrogen-bond acceptors (Lipinski definition) is 4. The molecule has 21 heavy (non-hydrogen) atoms. The molecule has 0 aromatic carbocycles. The number of piperidine rings is 1. The molecule has 1 aromatic heterocycles. The van der Waals surface area contributed by atoms with Gasteiger partial charge in [-0.15, -0.1) is 0 Å². The largest absolute Gasteiger partial charge is 0.450 e. The molecule has 1 fully saturated rings. The summed E-state index contributed by atoms with van der Waals surface area (Å²) in [6.07, 6.45) is 6.69. The summed E-state index contributed by atoms with van der Waals surface area (Å²) in [5.74, 6) is 0. The Hall–Kier alpha value is -1.56. The van der Waals surface area contributed by atoms with Gasteiger partial charge in [0.05, 0.1) is 18.6 Å². The smallest absolute Gasteiger partial charge is 0.409 e. The molecule has 1 amide bonds. The summed E-state index contributed by atoms with van der Waals surface area (Å²) >= 11 is 0. The summed E-state index contributed by atoms with van der Waals surface area (Å²) < 4.78 is 7.23. The highest BCUT2D eigenvalue weighted by molar-refractivity contribution is 5.67. The Bertz CT molecular complexity index is 439. The van der Waals surface area contributed by atoms with Gasteiger partial charge in [0.15, 0.2) is 0 Å². The van der Waals surface area contributed by atoms with Gasteiger partial charge in [0, 0.05) is 38.4 Å². The van der Waals surface area contributed by atoms with Gasteiger partial charge >= 0.3 is 6.09 Å². The Morgan fingerprint density at radius 2 is 2.19 bits per heavy atom. The third-order valence-electron chi connectivity index (χ3n) is 3.86. The van der Waals surface area contributed by atoms with Crippen molar-refractivity contribution in [3.05, 3.63) is 18.2 Å². The molecule has 1 saturated heterocycles. The van der Waals surface area contributed by atoms with Crippen molar-refractivity contribution in [2.45, 2.75) is 52.2 Å². The highest BCUT2D eigenvalue weighted by atomic mass is 16.6. The van der Waals surface area contributed by atoms with Crippen LogP contribution in [0.25, 0.3) is 0 Å². The topological polar surface area (TPSA) is 59.4 Å². The van der Waals surface area contributed by atoms with Crippen LogP contribution in [-0.4, -0.2) is 46.3 Å². The van der Waals surface area contributed by atoms with Crippen molar-refractivity contribution in [2.75, 3.05) is 19.7 Å². The number of ether oxygens (including phenoxy) is 1. The number of likely N-dealkylation sites (tertiary alicyclic amines) is 1. The average molecular weight is 294 g/mol. The normalized spacial score (nSPS) is 16.2. The van der Waals surface area contributed by atoms with Crippen LogP contribution in [0.1, 0.15) is 38.8 Å². The molecule has 1 aliphatic rings. The van der Waals surface area contributed by atoms with Crippen molar-refractivity contribution in [2.24, 2.45) is 0 Å². The van der Waals surface area contributed by atoms with Crippen LogP contribution in [0.15, 0.2) is 12.5 Å². The molecule has 0 bridgehead atoms. The van der Waals surface area contributed by atoms with E-state index in [2.05, 4.69) is 21.8 Å². The lowest BCUT2D eigenvalue weighted by Gasteiger charge is -2.31. The second-order valence-electron chi connectivity index (χ2n) is 5.42. The van der Waals surface area contributed by atoms with E-state index in [0.29, 0.717) is 12.6 Å². The lowest BCUT2D eigenvalue weighted by molar-refractivity contribution is 0.0949. The van der Waals surface area contributed by atoms with Crippen molar-refractivity contribution in [1.82, 2.24) is 19.8 Å². The molecular weight excluding hydrogens is 268 g/mol. The number of carbonyl (C=O) groups is 1. The maximum Gasteiger partial charge on any atom is 0.409 e. The number of rotatable bonds is 6. The van der Waals surface area contributed by atoms with Crippen LogP contribution < -0.4 is 5.32 Å². The number of nitrogens with zero attached hydrogens (tertiary/aromatic N) is 3. The van der Waals surface area contributed by atoms with E-state index in [1.54, 1.807) is 4.90 Å². The van der Waals surface area contributed by atoms with Crippen LogP contribution in [0.4, 0.5) is 4.79 Å². The number of aromatic nitrogens is 2. The van der Waals surface area contributed by atoms with Crippen LogP contribution in [0.2, 0.25) is 0 Å². The van der Waals surface area contributed by atoms with Crippen molar-refractivity contribution in [3.8, 4) is 0 Å². The second-order valence-corrected chi connectivity index (χ2v) is 5.42. The Morgan fingerprint density at radius 3 is 2.86 bits per heavy atom. The molecule has 0 saturated carbocycles. The monoisotopic (exact) mass is 294 g/mol. The van der Waals surface area contributed by atoms with Gasteiger partial charge in [-0.3, -0.25) is 0 Å². The van der Waals surface area contributed by atoms with E-state index in [1.165, 1.54) is 5.69 Å². The van der Waals surface area contributed by atoms with Gasteiger partial charge < -0.3 is 19.5 Å². The average Bonchev–Trinajstić information content (AvgIpc) is 2.94. The van der Waals surface area contributed by atoms with Gasteiger partial charge in [0.1, 0.15) is 0 Å². The van der Waals surface area contributed by atoms with E-state index in [-0.39, 0.29) is 6.09 Å². The third kappa shape index (κ3) is 4.46. The number of aryl methyl sites for hydroxylation is 1. The lowest BCUT2D eigenvalue weighted by atomic mass is 10.1. The standard InChI is InChI=1S/C15H26N4O2/c1-3-7-19-12-16-10-14(19)11-17-13-5-8-18(9-6-13)15(20)21-4-2/h10,12-13,17H,3-9,11H2,1-2H3. The number of amides is 1. The van der Waals surface area contributed by atoms with Gasteiger partial charge in [-0.05, 0) is 26.2 Å². The zero-order valence-electron chi connectivity index (χ0n) is 13.0. The molecule has 2 heterocycles. The molecule has 0 unspecified atom stereocenters. The van der Waals surface area contributed by atoms with Gasteiger partial charge in [0.2, 0.25) is 0 Å². The van der Waals surface area contributed by atoms with Crippen molar-refractivity contribution in [1.29, 1.82) is 0 Å². The Balaban J connectivity index is 1.73. The number of nitrogens with one attached hydrogen (secondary N) is 1. The Kier molecular flexibility index (Phi) is 6.04. The van der Waals surface area contributed by atoms with Crippen molar-refractivity contribution < 1.29 is 9.53 Å². The highest BCUT2D eigenvalue weighted by Gasteiger charge is 2.23. The van der Waals surface area contributed by atoms with Crippen molar-refractivity contribution >= 4 is 6.09 Å².